The standard InChI is InChI=1S/CH2O2.CO.CH4.H2/c2-1-3;1-2;;/h1H,(H,2,3);;1H4;1H. The molecule has 0 rings (SSSR count). The van der Waals surface area contributed by atoms with E-state index in [9.17, 15) is 0 Å². The fraction of sp³-hybridized carbons (Fsp3) is 0.333. The Kier molecular flexibility index (Phi) is 3100. The van der Waals surface area contributed by atoms with Crippen LogP contribution in [-0.4, -0.2) is 11.6 Å². The third-order valence-corrected chi connectivity index (χ3v) is 0. The van der Waals surface area contributed by atoms with Crippen LogP contribution in [0.1, 0.15) is 8.85 Å². The number of carbonyl (C=O) groups is 1. The first kappa shape index (κ1) is 18.9. The summed E-state index contributed by atoms with van der Waals surface area (Å²) in [6, 6.07) is 0. The molecule has 3 nitrogen and oxygen atoms in total. The third kappa shape index (κ3) is 25.1. The largest absolute Gasteiger partial charge is 0 e. The van der Waals surface area contributed by atoms with Crippen LogP contribution in [0.2, 0.25) is 0 Å². The molecule has 0 aromatic heterocycles. The Morgan fingerprint density at radius 2 is 1.83 bits per heavy atom. The molecule has 0 fully saturated rings. The van der Waals surface area contributed by atoms with E-state index in [1.807, 2.05) is 0 Å². The van der Waals surface area contributed by atoms with Gasteiger partial charge in [0.05, 0.1) is 0 Å². The maximum atomic E-state index is 8.36. The Morgan fingerprint density at radius 3 is 1.83 bits per heavy atom. The zero-order valence-corrected chi connectivity index (χ0v) is 2.34. The molecule has 0 radical (unpaired) electrons. The van der Waals surface area contributed by atoms with E-state index in [0.29, 0.717) is 0 Å². The summed E-state index contributed by atoms with van der Waals surface area (Å²) in [6.07, 6.45) is 0. The van der Waals surface area contributed by atoms with Crippen LogP contribution in [0.3, 0.4) is 0 Å². The molecule has 0 amide bonds. The van der Waals surface area contributed by atoms with Crippen LogP contribution in [0.5, 0.6) is 0 Å². The molecule has 1 N–H and O–H groups in total. The maximum absolute atomic E-state index is 8.36. The van der Waals surface area contributed by atoms with Crippen molar-refractivity contribution in [3.63, 3.8) is 0 Å². The average Bonchev–Trinajstić information content (AvgIpc) is 1.46. The molecule has 0 aliphatic rings. The van der Waals surface area contributed by atoms with Crippen molar-refractivity contribution in [1.29, 1.82) is 0 Å². The summed E-state index contributed by atoms with van der Waals surface area (Å²) in [5.74, 6) is 0. The summed E-state index contributed by atoms with van der Waals surface area (Å²) in [7, 11) is 0. The third-order valence-electron chi connectivity index (χ3n) is 0. The smallest absolute Gasteiger partial charge is 0 e. The second-order valence-corrected chi connectivity index (χ2v) is 0.105. The summed E-state index contributed by atoms with van der Waals surface area (Å²) in [6.45, 7) is 4.25. The van der Waals surface area contributed by atoms with E-state index < -0.39 is 0 Å². The second kappa shape index (κ2) is 984. The SMILES string of the molecule is C.O=CO.[C-]#[O+].[HH]. The van der Waals surface area contributed by atoms with Crippen molar-refractivity contribution in [2.75, 3.05) is 0 Å². The first-order chi connectivity index (χ1) is 2.41. The van der Waals surface area contributed by atoms with Crippen LogP contribution >= 0.6 is 0 Å². The maximum Gasteiger partial charge on any atom is 0 e. The molecule has 0 spiro atoms. The number of hydrogen-bond donors (Lipinski definition) is 1. The minimum atomic E-state index is -0.250. The zero-order chi connectivity index (χ0) is 4.71. The van der Waals surface area contributed by atoms with E-state index in [-0.39, 0.29) is 15.3 Å². The van der Waals surface area contributed by atoms with E-state index in [1.54, 1.807) is 0 Å². The van der Waals surface area contributed by atoms with Gasteiger partial charge >= 0.3 is 11.3 Å². The molecule has 0 aliphatic carbocycles. The van der Waals surface area contributed by atoms with Crippen molar-refractivity contribution >= 4 is 6.47 Å². The molecule has 0 aromatic rings. The van der Waals surface area contributed by atoms with Gasteiger partial charge in [-0.25, -0.2) is 0 Å². The van der Waals surface area contributed by atoms with Crippen LogP contribution in [0, 0.1) is 6.65 Å². The summed E-state index contributed by atoms with van der Waals surface area (Å²) >= 11 is 0. The predicted molar refractivity (Wildman–Crippen MR) is 21.5 cm³/mol. The van der Waals surface area contributed by atoms with Crippen LogP contribution in [0.15, 0.2) is 0 Å². The van der Waals surface area contributed by atoms with Crippen molar-refractivity contribution in [2.45, 2.75) is 7.43 Å². The molecule has 0 aromatic carbocycles. The minimum Gasteiger partial charge on any atom is 0 e. The van der Waals surface area contributed by atoms with Gasteiger partial charge in [0, 0.05) is 1.43 Å². The van der Waals surface area contributed by atoms with E-state index in [2.05, 4.69) is 6.65 Å². The number of hydrogen-bond acceptors (Lipinski definition) is 1. The van der Waals surface area contributed by atoms with Gasteiger partial charge in [-0.15, -0.1) is 0 Å². The summed E-state index contributed by atoms with van der Waals surface area (Å²) < 4.78 is 7.50. The Morgan fingerprint density at radius 1 is 1.83 bits per heavy atom. The predicted octanol–water partition coefficient (Wildman–Crippen LogP) is 0.545. The van der Waals surface area contributed by atoms with Gasteiger partial charge in [-0.05, 0) is 0 Å². The van der Waals surface area contributed by atoms with Gasteiger partial charge < -0.3 is 5.11 Å². The molecule has 3 heteroatoms. The van der Waals surface area contributed by atoms with Gasteiger partial charge in [-0.2, -0.15) is 0 Å². The van der Waals surface area contributed by atoms with Gasteiger partial charge in [0.15, 0.2) is 0 Å². The zero-order valence-electron chi connectivity index (χ0n) is 2.34. The molecule has 0 heterocycles. The molecular weight excluding hydrogens is 84.0 g/mol. The monoisotopic (exact) mass is 92.0 g/mol. The Labute approximate surface area is 37.8 Å². The van der Waals surface area contributed by atoms with E-state index >= 15 is 0 Å². The van der Waals surface area contributed by atoms with Crippen LogP contribution in [0.4, 0.5) is 0 Å². The van der Waals surface area contributed by atoms with E-state index in [0.717, 1.165) is 0 Å². The van der Waals surface area contributed by atoms with Crippen molar-refractivity contribution in [3.05, 3.63) is 6.65 Å². The molecule has 0 aliphatic heterocycles. The topological polar surface area (TPSA) is 57.2 Å². The van der Waals surface area contributed by atoms with Crippen LogP contribution in [-0.2, 0) is 9.45 Å². The molecule has 0 saturated heterocycles. The normalized spacial score (nSPS) is 2.33. The van der Waals surface area contributed by atoms with Gasteiger partial charge in [0.25, 0.3) is 6.47 Å². The van der Waals surface area contributed by atoms with Gasteiger partial charge in [0.2, 0.25) is 0 Å². The van der Waals surface area contributed by atoms with Crippen molar-refractivity contribution < 1.29 is 16.0 Å². The molecular formula is C3H8O3. The minimum absolute atomic E-state index is 0. The van der Waals surface area contributed by atoms with Gasteiger partial charge in [-0.1, -0.05) is 7.43 Å². The fourth-order valence-corrected chi connectivity index (χ4v) is 0. The first-order valence-electron chi connectivity index (χ1n) is 0.698. The molecule has 0 bridgehead atoms. The van der Waals surface area contributed by atoms with Crippen LogP contribution in [0.25, 0.3) is 0 Å². The van der Waals surface area contributed by atoms with Gasteiger partial charge in [0.1, 0.15) is 0 Å². The summed E-state index contributed by atoms with van der Waals surface area (Å²) in [5, 5.41) is 6.89. The van der Waals surface area contributed by atoms with Crippen molar-refractivity contribution in [3.8, 4) is 0 Å². The number of rotatable bonds is 0. The first-order valence-corrected chi connectivity index (χ1v) is 0.698. The Hall–Kier alpha value is -0.790. The van der Waals surface area contributed by atoms with Gasteiger partial charge in [-0.3, -0.25) is 4.79 Å². The molecule has 0 saturated carbocycles. The molecule has 0 atom stereocenters. The number of carboxylic acid groups (broad SMARTS) is 1. The van der Waals surface area contributed by atoms with E-state index in [1.165, 1.54) is 0 Å². The molecule has 0 unspecified atom stereocenters. The Bertz CT molecular complexity index is 34.4. The summed E-state index contributed by atoms with van der Waals surface area (Å²) in [4.78, 5) is 8.36. The Balaban J connectivity index is -0.0000000105. The summed E-state index contributed by atoms with van der Waals surface area (Å²) in [5.41, 5.74) is 0. The average molecular weight is 92.1 g/mol. The molecule has 6 heavy (non-hydrogen) atoms. The van der Waals surface area contributed by atoms with Crippen molar-refractivity contribution in [1.82, 2.24) is 0 Å². The second-order valence-electron chi connectivity index (χ2n) is 0.105. The van der Waals surface area contributed by atoms with Crippen LogP contribution < -0.4 is 0 Å². The molecule has 38 valence electrons. The quantitative estimate of drug-likeness (QED) is 0.269. The van der Waals surface area contributed by atoms with E-state index in [4.69, 9.17) is 14.6 Å². The van der Waals surface area contributed by atoms with Crippen molar-refractivity contribution in [2.24, 2.45) is 0 Å². The fourth-order valence-electron chi connectivity index (χ4n) is 0.